The van der Waals surface area contributed by atoms with E-state index >= 15 is 0 Å². The van der Waals surface area contributed by atoms with Crippen LogP contribution in [0.4, 0.5) is 5.69 Å². The van der Waals surface area contributed by atoms with Gasteiger partial charge in [-0.05, 0) is 30.5 Å². The van der Waals surface area contributed by atoms with Gasteiger partial charge < -0.3 is 5.73 Å². The summed E-state index contributed by atoms with van der Waals surface area (Å²) in [5, 5.41) is 0. The molecule has 0 unspecified atom stereocenters. The average molecular weight is 214 g/mol. The zero-order valence-electron chi connectivity index (χ0n) is 9.00. The number of hydrogen-bond donors (Lipinski definition) is 1. The highest BCUT2D eigenvalue weighted by atomic mass is 15.0. The Morgan fingerprint density at radius 3 is 2.31 bits per heavy atom. The van der Waals surface area contributed by atoms with Gasteiger partial charge in [-0.25, -0.2) is 15.0 Å². The van der Waals surface area contributed by atoms with Crippen molar-refractivity contribution in [1.29, 1.82) is 0 Å². The molecule has 0 spiro atoms. The molecule has 0 bridgehead atoms. The highest BCUT2D eigenvalue weighted by Crippen LogP contribution is 2.08. The van der Waals surface area contributed by atoms with E-state index in [2.05, 4.69) is 27.1 Å². The average Bonchev–Trinajstić information content (AvgIpc) is 2.33. The first kappa shape index (κ1) is 10.5. The molecular weight excluding hydrogens is 200 g/mol. The molecule has 0 aliphatic carbocycles. The normalized spacial score (nSPS) is 10.2. The number of benzene rings is 1. The second-order valence-corrected chi connectivity index (χ2v) is 3.65. The summed E-state index contributed by atoms with van der Waals surface area (Å²) < 4.78 is 0. The van der Waals surface area contributed by atoms with Crippen LogP contribution in [0.5, 0.6) is 0 Å². The number of rotatable bonds is 4. The van der Waals surface area contributed by atoms with E-state index in [4.69, 9.17) is 5.73 Å². The first-order chi connectivity index (χ1) is 7.84. The molecule has 4 heteroatoms. The van der Waals surface area contributed by atoms with Crippen LogP contribution in [0.3, 0.4) is 0 Å². The molecule has 0 saturated carbocycles. The molecule has 1 aromatic carbocycles. The minimum atomic E-state index is 0.807. The maximum absolute atomic E-state index is 5.62. The number of nitrogens with two attached hydrogens (primary N) is 1. The predicted molar refractivity (Wildman–Crippen MR) is 62.7 cm³/mol. The summed E-state index contributed by atoms with van der Waals surface area (Å²) >= 11 is 0. The maximum Gasteiger partial charge on any atom is 0.131 e. The minimum Gasteiger partial charge on any atom is -0.399 e. The van der Waals surface area contributed by atoms with Crippen molar-refractivity contribution >= 4 is 5.69 Å². The third-order valence-electron chi connectivity index (χ3n) is 2.39. The Morgan fingerprint density at radius 2 is 1.62 bits per heavy atom. The van der Waals surface area contributed by atoms with E-state index < -0.39 is 0 Å². The molecular formula is C12H14N4. The van der Waals surface area contributed by atoms with E-state index in [0.29, 0.717) is 0 Å². The summed E-state index contributed by atoms with van der Waals surface area (Å²) in [6, 6.07) is 7.97. The second-order valence-electron chi connectivity index (χ2n) is 3.65. The molecule has 0 fully saturated rings. The summed E-state index contributed by atoms with van der Waals surface area (Å²) in [5.41, 5.74) is 7.72. The van der Waals surface area contributed by atoms with E-state index in [0.717, 1.165) is 30.8 Å². The molecule has 2 N–H and O–H groups in total. The van der Waals surface area contributed by atoms with Gasteiger partial charge in [-0.1, -0.05) is 12.1 Å². The lowest BCUT2D eigenvalue weighted by atomic mass is 10.1. The third-order valence-corrected chi connectivity index (χ3v) is 2.39. The summed E-state index contributed by atoms with van der Waals surface area (Å²) in [6.45, 7) is 0. The van der Waals surface area contributed by atoms with Crippen LogP contribution in [-0.2, 0) is 12.8 Å². The zero-order chi connectivity index (χ0) is 11.2. The van der Waals surface area contributed by atoms with Gasteiger partial charge in [0, 0.05) is 12.1 Å². The Balaban J connectivity index is 1.82. The van der Waals surface area contributed by atoms with E-state index in [9.17, 15) is 0 Å². The van der Waals surface area contributed by atoms with Gasteiger partial charge >= 0.3 is 0 Å². The van der Waals surface area contributed by atoms with Gasteiger partial charge in [-0.15, -0.1) is 0 Å². The molecule has 0 aliphatic heterocycles. The molecule has 0 atom stereocenters. The first-order valence-corrected chi connectivity index (χ1v) is 5.30. The Bertz CT molecular complexity index is 425. The molecule has 0 radical (unpaired) electrons. The third kappa shape index (κ3) is 3.02. The lowest BCUT2D eigenvalue weighted by molar-refractivity contribution is 0.761. The fourth-order valence-corrected chi connectivity index (χ4v) is 1.53. The number of nitrogen functional groups attached to an aromatic ring is 1. The number of aromatic nitrogens is 3. The van der Waals surface area contributed by atoms with Gasteiger partial charge in [0.15, 0.2) is 0 Å². The highest BCUT2D eigenvalue weighted by molar-refractivity contribution is 5.39. The largest absolute Gasteiger partial charge is 0.399 e. The first-order valence-electron chi connectivity index (χ1n) is 5.30. The molecule has 2 aromatic rings. The zero-order valence-corrected chi connectivity index (χ0v) is 9.00. The SMILES string of the molecule is Nc1ccc(CCCc2ncncn2)cc1. The van der Waals surface area contributed by atoms with Crippen LogP contribution in [0.1, 0.15) is 17.8 Å². The van der Waals surface area contributed by atoms with Crippen molar-refractivity contribution in [2.75, 3.05) is 5.73 Å². The van der Waals surface area contributed by atoms with Crippen molar-refractivity contribution in [3.8, 4) is 0 Å². The number of anilines is 1. The lowest BCUT2D eigenvalue weighted by Gasteiger charge is -2.01. The van der Waals surface area contributed by atoms with Crippen molar-refractivity contribution in [2.45, 2.75) is 19.3 Å². The smallest absolute Gasteiger partial charge is 0.131 e. The van der Waals surface area contributed by atoms with Crippen molar-refractivity contribution < 1.29 is 0 Å². The fourth-order valence-electron chi connectivity index (χ4n) is 1.53. The van der Waals surface area contributed by atoms with Crippen LogP contribution >= 0.6 is 0 Å². The summed E-state index contributed by atoms with van der Waals surface area (Å²) in [7, 11) is 0. The van der Waals surface area contributed by atoms with Crippen LogP contribution < -0.4 is 5.73 Å². The van der Waals surface area contributed by atoms with Crippen LogP contribution in [0.15, 0.2) is 36.9 Å². The van der Waals surface area contributed by atoms with Crippen LogP contribution in [0.25, 0.3) is 0 Å². The Labute approximate surface area is 94.6 Å². The van der Waals surface area contributed by atoms with Gasteiger partial charge in [0.2, 0.25) is 0 Å². The van der Waals surface area contributed by atoms with Crippen molar-refractivity contribution in [3.05, 3.63) is 48.3 Å². The van der Waals surface area contributed by atoms with Crippen molar-refractivity contribution in [2.24, 2.45) is 0 Å². The summed E-state index contributed by atoms with van der Waals surface area (Å²) in [4.78, 5) is 11.9. The van der Waals surface area contributed by atoms with Crippen LogP contribution in [0, 0.1) is 0 Å². The maximum atomic E-state index is 5.62. The van der Waals surface area contributed by atoms with Crippen molar-refractivity contribution in [3.63, 3.8) is 0 Å². The number of hydrogen-bond acceptors (Lipinski definition) is 4. The molecule has 1 heterocycles. The van der Waals surface area contributed by atoms with E-state index in [-0.39, 0.29) is 0 Å². The molecule has 0 aliphatic rings. The highest BCUT2D eigenvalue weighted by Gasteiger charge is 1.97. The Hall–Kier alpha value is -1.97. The minimum absolute atomic E-state index is 0.807. The van der Waals surface area contributed by atoms with E-state index in [1.807, 2.05) is 12.1 Å². The van der Waals surface area contributed by atoms with Crippen LogP contribution in [0.2, 0.25) is 0 Å². The predicted octanol–water partition coefficient (Wildman–Crippen LogP) is 1.63. The Morgan fingerprint density at radius 1 is 0.938 bits per heavy atom. The number of nitrogens with zero attached hydrogens (tertiary/aromatic N) is 3. The lowest BCUT2D eigenvalue weighted by Crippen LogP contribution is -1.96. The fraction of sp³-hybridized carbons (Fsp3) is 0.250. The standard InChI is InChI=1S/C12H14N4/c13-11-6-4-10(5-7-11)2-1-3-12-15-8-14-9-16-12/h4-9H,1-3,13H2. The monoisotopic (exact) mass is 214 g/mol. The molecule has 16 heavy (non-hydrogen) atoms. The molecule has 0 saturated heterocycles. The van der Waals surface area contributed by atoms with Gasteiger partial charge in [-0.2, -0.15) is 0 Å². The van der Waals surface area contributed by atoms with Gasteiger partial charge in [0.25, 0.3) is 0 Å². The molecule has 1 aromatic heterocycles. The van der Waals surface area contributed by atoms with E-state index in [1.54, 1.807) is 0 Å². The number of aryl methyl sites for hydroxylation is 2. The quantitative estimate of drug-likeness (QED) is 0.785. The van der Waals surface area contributed by atoms with Gasteiger partial charge in [0.05, 0.1) is 0 Å². The second kappa shape index (κ2) is 5.21. The Kier molecular flexibility index (Phi) is 3.43. The van der Waals surface area contributed by atoms with Crippen molar-refractivity contribution in [1.82, 2.24) is 15.0 Å². The van der Waals surface area contributed by atoms with Gasteiger partial charge in [-0.3, -0.25) is 0 Å². The van der Waals surface area contributed by atoms with Gasteiger partial charge in [0.1, 0.15) is 18.5 Å². The van der Waals surface area contributed by atoms with E-state index in [1.165, 1.54) is 18.2 Å². The molecule has 2 rings (SSSR count). The van der Waals surface area contributed by atoms with Crippen LogP contribution in [-0.4, -0.2) is 15.0 Å². The molecule has 0 amide bonds. The topological polar surface area (TPSA) is 64.7 Å². The summed E-state index contributed by atoms with van der Waals surface area (Å²) in [6.07, 6.45) is 6.00. The summed E-state index contributed by atoms with van der Waals surface area (Å²) in [5.74, 6) is 0.852. The molecule has 82 valence electrons. The molecule has 4 nitrogen and oxygen atoms in total.